The molecule has 0 spiro atoms. The van der Waals surface area contributed by atoms with Crippen LogP contribution < -0.4 is 10.5 Å². The number of benzene rings is 1. The lowest BCUT2D eigenvalue weighted by molar-refractivity contribution is 0.411. The molecule has 0 radical (unpaired) electrons. The predicted molar refractivity (Wildman–Crippen MR) is 73.4 cm³/mol. The Morgan fingerprint density at radius 2 is 2.06 bits per heavy atom. The van der Waals surface area contributed by atoms with E-state index in [-0.39, 0.29) is 6.04 Å². The highest BCUT2D eigenvalue weighted by Crippen LogP contribution is 2.36. The number of methoxy groups -OCH3 is 1. The Morgan fingerprint density at radius 3 is 2.76 bits per heavy atom. The van der Waals surface area contributed by atoms with Gasteiger partial charge in [-0.3, -0.25) is 0 Å². The molecule has 2 rings (SSSR count). The van der Waals surface area contributed by atoms with Gasteiger partial charge >= 0.3 is 0 Å². The molecule has 17 heavy (non-hydrogen) atoms. The topological polar surface area (TPSA) is 35.2 Å². The summed E-state index contributed by atoms with van der Waals surface area (Å²) in [4.78, 5) is 0.941. The third-order valence-electron chi connectivity index (χ3n) is 2.45. The summed E-state index contributed by atoms with van der Waals surface area (Å²) in [7, 11) is 1.62. The second-order valence-corrected chi connectivity index (χ2v) is 5.29. The third-order valence-corrected chi connectivity index (χ3v) is 4.01. The summed E-state index contributed by atoms with van der Waals surface area (Å²) in [6, 6.07) is 6.84. The van der Waals surface area contributed by atoms with Crippen LogP contribution in [-0.4, -0.2) is 7.11 Å². The normalized spacial score (nSPS) is 12.5. The van der Waals surface area contributed by atoms with Gasteiger partial charge in [0, 0.05) is 10.0 Å². The zero-order valence-corrected chi connectivity index (χ0v) is 11.4. The van der Waals surface area contributed by atoms with Crippen LogP contribution in [0.2, 0.25) is 10.0 Å². The van der Waals surface area contributed by atoms with Crippen molar-refractivity contribution >= 4 is 34.5 Å². The molecule has 1 aromatic heterocycles. The molecule has 1 aromatic carbocycles. The lowest BCUT2D eigenvalue weighted by atomic mass is 10.1. The fraction of sp³-hybridized carbons (Fsp3) is 0.167. The summed E-state index contributed by atoms with van der Waals surface area (Å²) in [5.41, 5.74) is 7.00. The van der Waals surface area contributed by atoms with E-state index in [0.29, 0.717) is 10.0 Å². The molecule has 2 nitrogen and oxygen atoms in total. The van der Waals surface area contributed by atoms with Crippen molar-refractivity contribution in [1.29, 1.82) is 0 Å². The fourth-order valence-corrected chi connectivity index (χ4v) is 2.89. The second kappa shape index (κ2) is 5.27. The fourth-order valence-electron chi connectivity index (χ4n) is 1.60. The summed E-state index contributed by atoms with van der Waals surface area (Å²) in [6.45, 7) is 0. The van der Waals surface area contributed by atoms with E-state index in [2.05, 4.69) is 0 Å². The van der Waals surface area contributed by atoms with E-state index in [1.165, 1.54) is 11.3 Å². The molecule has 0 fully saturated rings. The zero-order valence-electron chi connectivity index (χ0n) is 9.11. The van der Waals surface area contributed by atoms with Crippen molar-refractivity contribution in [2.24, 2.45) is 5.73 Å². The van der Waals surface area contributed by atoms with Crippen molar-refractivity contribution in [2.45, 2.75) is 6.04 Å². The van der Waals surface area contributed by atoms with Gasteiger partial charge < -0.3 is 10.5 Å². The molecule has 1 atom stereocenters. The first-order valence-electron chi connectivity index (χ1n) is 4.95. The maximum absolute atomic E-state index is 6.19. The van der Waals surface area contributed by atoms with E-state index in [0.717, 1.165) is 16.2 Å². The second-order valence-electron chi connectivity index (χ2n) is 3.50. The van der Waals surface area contributed by atoms with Gasteiger partial charge in [0.2, 0.25) is 0 Å². The van der Waals surface area contributed by atoms with Crippen LogP contribution in [0.3, 0.4) is 0 Å². The minimum Gasteiger partial charge on any atom is -0.496 e. The highest BCUT2D eigenvalue weighted by atomic mass is 35.5. The van der Waals surface area contributed by atoms with Gasteiger partial charge in [0.05, 0.1) is 18.0 Å². The largest absolute Gasteiger partial charge is 0.496 e. The highest BCUT2D eigenvalue weighted by molar-refractivity contribution is 7.10. The van der Waals surface area contributed by atoms with E-state index < -0.39 is 0 Å². The number of nitrogens with two attached hydrogens (primary N) is 1. The van der Waals surface area contributed by atoms with Gasteiger partial charge in [0.25, 0.3) is 0 Å². The van der Waals surface area contributed by atoms with Crippen molar-refractivity contribution in [3.8, 4) is 5.75 Å². The van der Waals surface area contributed by atoms with Crippen LogP contribution in [0.15, 0.2) is 29.6 Å². The molecular formula is C12H11Cl2NOS. The van der Waals surface area contributed by atoms with Crippen molar-refractivity contribution in [1.82, 2.24) is 0 Å². The molecule has 2 aromatic rings. The van der Waals surface area contributed by atoms with E-state index >= 15 is 0 Å². The summed E-state index contributed by atoms with van der Waals surface area (Å²) >= 11 is 13.6. The number of ether oxygens (including phenoxy) is 1. The van der Waals surface area contributed by atoms with Crippen LogP contribution in [-0.2, 0) is 0 Å². The smallest absolute Gasteiger partial charge is 0.134 e. The number of hydrogen-bond acceptors (Lipinski definition) is 3. The SMILES string of the molecule is COc1ccsc1C(N)c1cc(Cl)ccc1Cl. The molecule has 2 N–H and O–H groups in total. The quantitative estimate of drug-likeness (QED) is 0.922. The average molecular weight is 288 g/mol. The van der Waals surface area contributed by atoms with Crippen molar-refractivity contribution in [3.05, 3.63) is 50.1 Å². The summed E-state index contributed by atoms with van der Waals surface area (Å²) in [6.07, 6.45) is 0. The molecule has 1 heterocycles. The first-order chi connectivity index (χ1) is 8.13. The van der Waals surface area contributed by atoms with Gasteiger partial charge in [0.15, 0.2) is 0 Å². The van der Waals surface area contributed by atoms with Crippen LogP contribution in [0.1, 0.15) is 16.5 Å². The van der Waals surface area contributed by atoms with Crippen molar-refractivity contribution < 1.29 is 4.74 Å². The number of halogens is 2. The summed E-state index contributed by atoms with van der Waals surface area (Å²) < 4.78 is 5.25. The van der Waals surface area contributed by atoms with Crippen molar-refractivity contribution in [3.63, 3.8) is 0 Å². The molecule has 90 valence electrons. The molecular weight excluding hydrogens is 277 g/mol. The molecule has 1 unspecified atom stereocenters. The van der Waals surface area contributed by atoms with Gasteiger partial charge in [-0.2, -0.15) is 0 Å². The van der Waals surface area contributed by atoms with Crippen LogP contribution in [0.25, 0.3) is 0 Å². The molecule has 0 aliphatic heterocycles. The maximum Gasteiger partial charge on any atom is 0.134 e. The maximum atomic E-state index is 6.19. The minimum absolute atomic E-state index is 0.323. The molecule has 0 aliphatic rings. The van der Waals surface area contributed by atoms with Crippen LogP contribution in [0, 0.1) is 0 Å². The van der Waals surface area contributed by atoms with E-state index in [4.69, 9.17) is 33.7 Å². The summed E-state index contributed by atoms with van der Waals surface area (Å²) in [5.74, 6) is 0.776. The predicted octanol–water partition coefficient (Wildman–Crippen LogP) is 4.11. The monoisotopic (exact) mass is 287 g/mol. The molecule has 0 aliphatic carbocycles. The Balaban J connectivity index is 2.43. The lowest BCUT2D eigenvalue weighted by Gasteiger charge is -2.14. The van der Waals surface area contributed by atoms with Crippen LogP contribution in [0.4, 0.5) is 0 Å². The van der Waals surface area contributed by atoms with Gasteiger partial charge in [-0.25, -0.2) is 0 Å². The van der Waals surface area contributed by atoms with Gasteiger partial charge in [-0.15, -0.1) is 11.3 Å². The number of hydrogen-bond donors (Lipinski definition) is 1. The molecule has 0 amide bonds. The minimum atomic E-state index is -0.323. The van der Waals surface area contributed by atoms with Gasteiger partial charge in [-0.05, 0) is 35.2 Å². The van der Waals surface area contributed by atoms with Gasteiger partial charge in [0.1, 0.15) is 5.75 Å². The standard InChI is InChI=1S/C12H11Cl2NOS/c1-16-10-4-5-17-12(10)11(15)8-6-7(13)2-3-9(8)14/h2-6,11H,15H2,1H3. The van der Waals surface area contributed by atoms with Crippen LogP contribution >= 0.6 is 34.5 Å². The van der Waals surface area contributed by atoms with E-state index in [9.17, 15) is 0 Å². The number of thiophene rings is 1. The molecule has 0 saturated carbocycles. The van der Waals surface area contributed by atoms with Crippen molar-refractivity contribution in [2.75, 3.05) is 7.11 Å². The number of rotatable bonds is 3. The Labute approximate surface area is 114 Å². The first kappa shape index (κ1) is 12.7. The Hall–Kier alpha value is -0.740. The summed E-state index contributed by atoms with van der Waals surface area (Å²) in [5, 5.41) is 3.17. The van der Waals surface area contributed by atoms with E-state index in [1.807, 2.05) is 11.4 Å². The Bertz CT molecular complexity index is 527. The highest BCUT2D eigenvalue weighted by Gasteiger charge is 2.18. The van der Waals surface area contributed by atoms with Gasteiger partial charge in [-0.1, -0.05) is 23.2 Å². The zero-order chi connectivity index (χ0) is 12.4. The Kier molecular flexibility index (Phi) is 3.94. The third kappa shape index (κ3) is 2.58. The molecule has 0 saturated heterocycles. The molecule has 0 bridgehead atoms. The van der Waals surface area contributed by atoms with E-state index in [1.54, 1.807) is 25.3 Å². The molecule has 5 heteroatoms. The average Bonchev–Trinajstić information content (AvgIpc) is 2.79. The Morgan fingerprint density at radius 1 is 1.29 bits per heavy atom. The first-order valence-corrected chi connectivity index (χ1v) is 6.59. The van der Waals surface area contributed by atoms with Crippen LogP contribution in [0.5, 0.6) is 5.75 Å². The lowest BCUT2D eigenvalue weighted by Crippen LogP contribution is -2.11.